The molecule has 1 heterocycles. The predicted molar refractivity (Wildman–Crippen MR) is 62.3 cm³/mol. The van der Waals surface area contributed by atoms with E-state index in [0.717, 1.165) is 0 Å². The van der Waals surface area contributed by atoms with Crippen LogP contribution < -0.4 is 5.43 Å². The molecule has 0 fully saturated rings. The quantitative estimate of drug-likeness (QED) is 0.801. The lowest BCUT2D eigenvalue weighted by molar-refractivity contribution is 0.178. The molecule has 2 rings (SSSR count). The topological polar surface area (TPSA) is 50.4 Å². The van der Waals surface area contributed by atoms with Crippen molar-refractivity contribution in [2.45, 2.75) is 12.5 Å². The summed E-state index contributed by atoms with van der Waals surface area (Å²) in [6.45, 7) is 3.53. The van der Waals surface area contributed by atoms with Crippen LogP contribution >= 0.6 is 0 Å². The molecule has 82 valence electrons. The number of aliphatic hydroxyl groups excluding tert-OH is 1. The second-order valence-electron chi connectivity index (χ2n) is 3.56. The minimum atomic E-state index is -0.849. The van der Waals surface area contributed by atoms with Crippen molar-refractivity contribution in [1.82, 2.24) is 0 Å². The molecular formula is C13H12O3. The van der Waals surface area contributed by atoms with Crippen LogP contribution in [0.4, 0.5) is 0 Å². The Labute approximate surface area is 92.6 Å². The fourth-order valence-corrected chi connectivity index (χ4v) is 1.61. The van der Waals surface area contributed by atoms with Crippen LogP contribution in [0.5, 0.6) is 0 Å². The molecule has 1 atom stereocenters. The largest absolute Gasteiger partial charge is 0.464 e. The van der Waals surface area contributed by atoms with Crippen molar-refractivity contribution in [2.24, 2.45) is 0 Å². The van der Waals surface area contributed by atoms with Crippen molar-refractivity contribution in [3.8, 4) is 0 Å². The summed E-state index contributed by atoms with van der Waals surface area (Å²) in [7, 11) is 0. The standard InChI is InChI=1S/C13H12O3/c1-2-5-11(14)10-8-16-12-7-4-3-6-9(12)13(10)15/h2-4,6-8,11,14H,1,5H2/t11-/m1/s1. The van der Waals surface area contributed by atoms with Gasteiger partial charge in [-0.15, -0.1) is 6.58 Å². The van der Waals surface area contributed by atoms with E-state index in [0.29, 0.717) is 17.4 Å². The third-order valence-electron chi connectivity index (χ3n) is 2.46. The van der Waals surface area contributed by atoms with Crippen molar-refractivity contribution in [1.29, 1.82) is 0 Å². The zero-order chi connectivity index (χ0) is 11.5. The summed E-state index contributed by atoms with van der Waals surface area (Å²) < 4.78 is 5.30. The lowest BCUT2D eigenvalue weighted by atomic mass is 10.1. The van der Waals surface area contributed by atoms with E-state index in [1.54, 1.807) is 30.3 Å². The lowest BCUT2D eigenvalue weighted by Gasteiger charge is -2.07. The van der Waals surface area contributed by atoms with Gasteiger partial charge >= 0.3 is 0 Å². The minimum absolute atomic E-state index is 0.184. The Morgan fingerprint density at radius 3 is 2.94 bits per heavy atom. The summed E-state index contributed by atoms with van der Waals surface area (Å²) in [6, 6.07) is 6.97. The van der Waals surface area contributed by atoms with Crippen LogP contribution in [0.3, 0.4) is 0 Å². The number of rotatable bonds is 3. The van der Waals surface area contributed by atoms with E-state index < -0.39 is 6.10 Å². The molecular weight excluding hydrogens is 204 g/mol. The van der Waals surface area contributed by atoms with Crippen LogP contribution in [0.1, 0.15) is 18.1 Å². The molecule has 1 aromatic heterocycles. The first-order valence-electron chi connectivity index (χ1n) is 5.03. The third kappa shape index (κ3) is 1.77. The summed E-state index contributed by atoms with van der Waals surface area (Å²) in [5, 5.41) is 10.2. The molecule has 1 aromatic carbocycles. The molecule has 3 heteroatoms. The van der Waals surface area contributed by atoms with Crippen molar-refractivity contribution in [2.75, 3.05) is 0 Å². The van der Waals surface area contributed by atoms with E-state index in [4.69, 9.17) is 4.42 Å². The van der Waals surface area contributed by atoms with Crippen molar-refractivity contribution in [3.05, 3.63) is 59.0 Å². The molecule has 0 saturated carbocycles. The van der Waals surface area contributed by atoms with Crippen LogP contribution in [-0.2, 0) is 0 Å². The molecule has 0 aliphatic heterocycles. The van der Waals surface area contributed by atoms with E-state index in [2.05, 4.69) is 6.58 Å². The van der Waals surface area contributed by atoms with Crippen molar-refractivity contribution < 1.29 is 9.52 Å². The normalized spacial score (nSPS) is 12.6. The van der Waals surface area contributed by atoms with Crippen LogP contribution in [0.15, 0.2) is 52.4 Å². The predicted octanol–water partition coefficient (Wildman–Crippen LogP) is 2.40. The van der Waals surface area contributed by atoms with Gasteiger partial charge in [-0.3, -0.25) is 4.79 Å². The highest BCUT2D eigenvalue weighted by molar-refractivity contribution is 5.76. The summed E-state index contributed by atoms with van der Waals surface area (Å²) in [5.41, 5.74) is 0.622. The molecule has 0 aliphatic carbocycles. The summed E-state index contributed by atoms with van der Waals surface area (Å²) in [4.78, 5) is 12.0. The van der Waals surface area contributed by atoms with Gasteiger partial charge in [-0.25, -0.2) is 0 Å². The number of hydrogen-bond acceptors (Lipinski definition) is 3. The fraction of sp³-hybridized carbons (Fsp3) is 0.154. The SMILES string of the molecule is C=CC[C@@H](O)c1coc2ccccc2c1=O. The van der Waals surface area contributed by atoms with Gasteiger partial charge < -0.3 is 9.52 Å². The highest BCUT2D eigenvalue weighted by Crippen LogP contribution is 2.17. The summed E-state index contributed by atoms with van der Waals surface area (Å²) in [5.74, 6) is 0. The van der Waals surface area contributed by atoms with Crippen LogP contribution in [0, 0.1) is 0 Å². The average Bonchev–Trinajstić information content (AvgIpc) is 2.30. The van der Waals surface area contributed by atoms with E-state index in [1.807, 2.05) is 0 Å². The number of hydrogen-bond donors (Lipinski definition) is 1. The zero-order valence-corrected chi connectivity index (χ0v) is 8.72. The molecule has 0 saturated heterocycles. The Hall–Kier alpha value is -1.87. The second-order valence-corrected chi connectivity index (χ2v) is 3.56. The van der Waals surface area contributed by atoms with E-state index in [-0.39, 0.29) is 11.0 Å². The number of benzene rings is 1. The highest BCUT2D eigenvalue weighted by atomic mass is 16.3. The molecule has 2 aromatic rings. The average molecular weight is 216 g/mol. The maximum Gasteiger partial charge on any atom is 0.198 e. The van der Waals surface area contributed by atoms with Crippen LogP contribution in [-0.4, -0.2) is 5.11 Å². The zero-order valence-electron chi connectivity index (χ0n) is 8.72. The fourth-order valence-electron chi connectivity index (χ4n) is 1.61. The van der Waals surface area contributed by atoms with Crippen molar-refractivity contribution >= 4 is 11.0 Å². The second kappa shape index (κ2) is 4.33. The van der Waals surface area contributed by atoms with Crippen LogP contribution in [0.2, 0.25) is 0 Å². The molecule has 0 bridgehead atoms. The Morgan fingerprint density at radius 2 is 2.19 bits per heavy atom. The van der Waals surface area contributed by atoms with Gasteiger partial charge in [-0.2, -0.15) is 0 Å². The Bertz CT molecular complexity index is 569. The highest BCUT2D eigenvalue weighted by Gasteiger charge is 2.13. The molecule has 0 aliphatic rings. The Morgan fingerprint density at radius 1 is 1.44 bits per heavy atom. The smallest absolute Gasteiger partial charge is 0.198 e. The van der Waals surface area contributed by atoms with Crippen LogP contribution in [0.25, 0.3) is 11.0 Å². The van der Waals surface area contributed by atoms with Crippen molar-refractivity contribution in [3.63, 3.8) is 0 Å². The number of para-hydroxylation sites is 1. The number of fused-ring (bicyclic) bond motifs is 1. The molecule has 0 unspecified atom stereocenters. The van der Waals surface area contributed by atoms with Gasteiger partial charge in [-0.1, -0.05) is 18.2 Å². The first-order chi connectivity index (χ1) is 7.74. The first-order valence-corrected chi connectivity index (χ1v) is 5.03. The molecule has 16 heavy (non-hydrogen) atoms. The van der Waals surface area contributed by atoms with Gasteiger partial charge in [0.15, 0.2) is 5.43 Å². The molecule has 0 amide bonds. The first kappa shape index (κ1) is 10.6. The van der Waals surface area contributed by atoms with E-state index >= 15 is 0 Å². The van der Waals surface area contributed by atoms with Gasteiger partial charge in [0, 0.05) is 0 Å². The molecule has 1 N–H and O–H groups in total. The van der Waals surface area contributed by atoms with E-state index in [1.165, 1.54) is 6.26 Å². The maximum atomic E-state index is 12.0. The molecule has 3 nitrogen and oxygen atoms in total. The maximum absolute atomic E-state index is 12.0. The number of aliphatic hydroxyl groups is 1. The van der Waals surface area contributed by atoms with Gasteiger partial charge in [0.25, 0.3) is 0 Å². The summed E-state index contributed by atoms with van der Waals surface area (Å²) >= 11 is 0. The van der Waals surface area contributed by atoms with Gasteiger partial charge in [0.2, 0.25) is 0 Å². The van der Waals surface area contributed by atoms with Gasteiger partial charge in [0.1, 0.15) is 11.8 Å². The monoisotopic (exact) mass is 216 g/mol. The Kier molecular flexibility index (Phi) is 2.88. The van der Waals surface area contributed by atoms with Gasteiger partial charge in [0.05, 0.1) is 17.1 Å². The molecule has 0 radical (unpaired) electrons. The Balaban J connectivity index is 2.61. The minimum Gasteiger partial charge on any atom is -0.464 e. The van der Waals surface area contributed by atoms with Gasteiger partial charge in [-0.05, 0) is 18.6 Å². The lowest BCUT2D eigenvalue weighted by Crippen LogP contribution is -2.12. The molecule has 0 spiro atoms. The summed E-state index contributed by atoms with van der Waals surface area (Å²) in [6.07, 6.45) is 2.37. The van der Waals surface area contributed by atoms with E-state index in [9.17, 15) is 9.90 Å². The third-order valence-corrected chi connectivity index (χ3v) is 2.46.